The van der Waals surface area contributed by atoms with Crippen LogP contribution in [0.15, 0.2) is 18.2 Å². The summed E-state index contributed by atoms with van der Waals surface area (Å²) in [4.78, 5) is 0. The first-order valence-electron chi connectivity index (χ1n) is 5.57. The second-order valence-electron chi connectivity index (χ2n) is 4.15. The van der Waals surface area contributed by atoms with Crippen LogP contribution in [0.5, 0.6) is 0 Å². The topological polar surface area (TPSA) is 44.5 Å². The Hall–Kier alpha value is -1.04. The third-order valence-corrected chi connectivity index (χ3v) is 2.61. The van der Waals surface area contributed by atoms with Crippen molar-refractivity contribution < 1.29 is 18.3 Å². The molecule has 1 aliphatic rings. The molecule has 1 fully saturated rings. The Labute approximate surface area is 98.5 Å². The van der Waals surface area contributed by atoms with E-state index in [1.807, 2.05) is 0 Å². The number of rotatable bonds is 4. The second-order valence-corrected chi connectivity index (χ2v) is 4.15. The van der Waals surface area contributed by atoms with Crippen LogP contribution in [0.4, 0.5) is 8.78 Å². The van der Waals surface area contributed by atoms with Gasteiger partial charge in [-0.1, -0.05) is 0 Å². The van der Waals surface area contributed by atoms with E-state index in [0.29, 0.717) is 31.6 Å². The van der Waals surface area contributed by atoms with E-state index in [4.69, 9.17) is 15.2 Å². The predicted octanol–water partition coefficient (Wildman–Crippen LogP) is 1.60. The number of benzene rings is 1. The fraction of sp³-hybridized carbons (Fsp3) is 0.500. The van der Waals surface area contributed by atoms with Gasteiger partial charge in [-0.15, -0.1) is 0 Å². The highest BCUT2D eigenvalue weighted by Crippen LogP contribution is 2.14. The summed E-state index contributed by atoms with van der Waals surface area (Å²) in [7, 11) is 0. The van der Waals surface area contributed by atoms with Gasteiger partial charge in [0.2, 0.25) is 0 Å². The van der Waals surface area contributed by atoms with Crippen molar-refractivity contribution >= 4 is 0 Å². The first kappa shape index (κ1) is 12.4. The van der Waals surface area contributed by atoms with Gasteiger partial charge in [0.15, 0.2) is 6.29 Å². The molecule has 1 heterocycles. The molecular formula is C12H15F2NO2. The zero-order valence-corrected chi connectivity index (χ0v) is 9.36. The van der Waals surface area contributed by atoms with Gasteiger partial charge >= 0.3 is 0 Å². The van der Waals surface area contributed by atoms with Crippen LogP contribution < -0.4 is 5.73 Å². The van der Waals surface area contributed by atoms with Crippen LogP contribution in [0.1, 0.15) is 12.0 Å². The standard InChI is InChI=1S/C12H15F2NO2/c13-9-3-8(4-10(14)6-9)5-11(15)7-12-16-1-2-17-12/h3-4,6,11-12H,1-2,5,7,15H2. The van der Waals surface area contributed by atoms with E-state index in [9.17, 15) is 8.78 Å². The normalized spacial score (nSPS) is 18.5. The molecule has 0 amide bonds. The summed E-state index contributed by atoms with van der Waals surface area (Å²) in [6.45, 7) is 1.15. The van der Waals surface area contributed by atoms with Crippen LogP contribution in [0.25, 0.3) is 0 Å². The Balaban J connectivity index is 1.90. The molecule has 5 heteroatoms. The van der Waals surface area contributed by atoms with Gasteiger partial charge in [-0.05, 0) is 24.1 Å². The molecule has 0 aromatic heterocycles. The van der Waals surface area contributed by atoms with E-state index in [2.05, 4.69) is 0 Å². The lowest BCUT2D eigenvalue weighted by molar-refractivity contribution is -0.0504. The van der Waals surface area contributed by atoms with Crippen LogP contribution in [-0.4, -0.2) is 25.5 Å². The van der Waals surface area contributed by atoms with Crippen LogP contribution in [-0.2, 0) is 15.9 Å². The fourth-order valence-corrected chi connectivity index (χ4v) is 1.91. The van der Waals surface area contributed by atoms with Gasteiger partial charge in [0.25, 0.3) is 0 Å². The van der Waals surface area contributed by atoms with Gasteiger partial charge in [-0.2, -0.15) is 0 Å². The lowest BCUT2D eigenvalue weighted by Gasteiger charge is -2.15. The van der Waals surface area contributed by atoms with Crippen molar-refractivity contribution in [2.24, 2.45) is 5.73 Å². The highest BCUT2D eigenvalue weighted by atomic mass is 19.1. The summed E-state index contributed by atoms with van der Waals surface area (Å²) in [5.74, 6) is -1.17. The molecule has 1 aliphatic heterocycles. The van der Waals surface area contributed by atoms with Crippen molar-refractivity contribution in [2.75, 3.05) is 13.2 Å². The second kappa shape index (κ2) is 5.53. The van der Waals surface area contributed by atoms with Crippen molar-refractivity contribution in [1.29, 1.82) is 0 Å². The number of ether oxygens (including phenoxy) is 2. The maximum atomic E-state index is 13.0. The molecule has 0 aliphatic carbocycles. The largest absolute Gasteiger partial charge is 0.350 e. The van der Waals surface area contributed by atoms with E-state index < -0.39 is 11.6 Å². The summed E-state index contributed by atoms with van der Waals surface area (Å²) >= 11 is 0. The van der Waals surface area contributed by atoms with Gasteiger partial charge in [-0.3, -0.25) is 0 Å². The molecule has 1 aromatic rings. The van der Waals surface area contributed by atoms with Crippen molar-refractivity contribution in [3.05, 3.63) is 35.4 Å². The first-order chi connectivity index (χ1) is 8.13. The number of hydrogen-bond acceptors (Lipinski definition) is 3. The van der Waals surface area contributed by atoms with Crippen LogP contribution in [0.3, 0.4) is 0 Å². The maximum absolute atomic E-state index is 13.0. The van der Waals surface area contributed by atoms with Gasteiger partial charge < -0.3 is 15.2 Å². The summed E-state index contributed by atoms with van der Waals surface area (Å²) in [6.07, 6.45) is 0.638. The molecule has 17 heavy (non-hydrogen) atoms. The number of halogens is 2. The predicted molar refractivity (Wildman–Crippen MR) is 58.3 cm³/mol. The summed E-state index contributed by atoms with van der Waals surface area (Å²) in [5.41, 5.74) is 6.43. The molecule has 1 atom stereocenters. The molecular weight excluding hydrogens is 228 g/mol. The molecule has 3 nitrogen and oxygen atoms in total. The Morgan fingerprint density at radius 2 is 1.76 bits per heavy atom. The SMILES string of the molecule is NC(Cc1cc(F)cc(F)c1)CC1OCCO1. The van der Waals surface area contributed by atoms with Crippen LogP contribution in [0.2, 0.25) is 0 Å². The molecule has 1 unspecified atom stereocenters. The van der Waals surface area contributed by atoms with Gasteiger partial charge in [0.05, 0.1) is 13.2 Å². The highest BCUT2D eigenvalue weighted by molar-refractivity contribution is 5.18. The zero-order valence-electron chi connectivity index (χ0n) is 9.36. The monoisotopic (exact) mass is 243 g/mol. The Bertz CT molecular complexity index is 361. The number of hydrogen-bond donors (Lipinski definition) is 1. The molecule has 2 rings (SSSR count). The van der Waals surface area contributed by atoms with Gasteiger partial charge in [-0.25, -0.2) is 8.78 Å². The molecule has 2 N–H and O–H groups in total. The Kier molecular flexibility index (Phi) is 4.04. The first-order valence-corrected chi connectivity index (χ1v) is 5.57. The minimum absolute atomic E-state index is 0.237. The fourth-order valence-electron chi connectivity index (χ4n) is 1.91. The van der Waals surface area contributed by atoms with E-state index in [1.165, 1.54) is 12.1 Å². The third-order valence-electron chi connectivity index (χ3n) is 2.61. The van der Waals surface area contributed by atoms with E-state index >= 15 is 0 Å². The zero-order chi connectivity index (χ0) is 12.3. The van der Waals surface area contributed by atoms with Crippen LogP contribution in [0, 0.1) is 11.6 Å². The molecule has 1 aromatic carbocycles. The lowest BCUT2D eigenvalue weighted by Crippen LogP contribution is -2.28. The van der Waals surface area contributed by atoms with E-state index in [-0.39, 0.29) is 12.3 Å². The minimum Gasteiger partial charge on any atom is -0.350 e. The Morgan fingerprint density at radius 1 is 1.18 bits per heavy atom. The highest BCUT2D eigenvalue weighted by Gasteiger charge is 2.19. The molecule has 94 valence electrons. The average Bonchev–Trinajstić information content (AvgIpc) is 2.67. The number of nitrogens with two attached hydrogens (primary N) is 1. The van der Waals surface area contributed by atoms with Crippen molar-refractivity contribution in [2.45, 2.75) is 25.2 Å². The summed E-state index contributed by atoms with van der Waals surface area (Å²) < 4.78 is 36.4. The van der Waals surface area contributed by atoms with Crippen molar-refractivity contribution in [1.82, 2.24) is 0 Å². The summed E-state index contributed by atoms with van der Waals surface area (Å²) in [6, 6.07) is 3.19. The summed E-state index contributed by atoms with van der Waals surface area (Å²) in [5, 5.41) is 0. The molecule has 0 saturated carbocycles. The molecule has 0 radical (unpaired) electrons. The third kappa shape index (κ3) is 3.73. The maximum Gasteiger partial charge on any atom is 0.159 e. The van der Waals surface area contributed by atoms with Gasteiger partial charge in [0.1, 0.15) is 11.6 Å². The van der Waals surface area contributed by atoms with Crippen molar-refractivity contribution in [3.8, 4) is 0 Å². The smallest absolute Gasteiger partial charge is 0.159 e. The Morgan fingerprint density at radius 3 is 2.35 bits per heavy atom. The van der Waals surface area contributed by atoms with E-state index in [0.717, 1.165) is 6.07 Å². The molecule has 1 saturated heterocycles. The lowest BCUT2D eigenvalue weighted by atomic mass is 10.0. The molecule has 0 spiro atoms. The van der Waals surface area contributed by atoms with Gasteiger partial charge in [0, 0.05) is 18.5 Å². The van der Waals surface area contributed by atoms with E-state index in [1.54, 1.807) is 0 Å². The minimum atomic E-state index is -0.583. The van der Waals surface area contributed by atoms with Crippen LogP contribution >= 0.6 is 0 Å². The molecule has 0 bridgehead atoms. The average molecular weight is 243 g/mol. The quantitative estimate of drug-likeness (QED) is 0.873. The van der Waals surface area contributed by atoms with Crippen molar-refractivity contribution in [3.63, 3.8) is 0 Å².